The number of rotatable bonds is 10. The Morgan fingerprint density at radius 3 is 2.53 bits per heavy atom. The molecule has 32 heavy (non-hydrogen) atoms. The highest BCUT2D eigenvalue weighted by atomic mass is 127. The molecule has 1 aliphatic heterocycles. The van der Waals surface area contributed by atoms with E-state index >= 15 is 0 Å². The molecular formula is C23H34IN5O3. The molecule has 0 aliphatic carbocycles. The summed E-state index contributed by atoms with van der Waals surface area (Å²) in [5.74, 6) is 2.23. The number of carbonyl (C=O) groups excluding carboxylic acids is 1. The SMILES string of the molecule is CCNC(=NCC(=O)NCc1ccc(OC)cc1)NCC(c1ccco1)N1CCCC1.I. The maximum atomic E-state index is 12.3. The number of nitrogens with zero attached hydrogens (tertiary/aromatic N) is 2. The highest BCUT2D eigenvalue weighted by molar-refractivity contribution is 14.0. The van der Waals surface area contributed by atoms with Crippen LogP contribution in [0.2, 0.25) is 0 Å². The molecule has 1 saturated heterocycles. The van der Waals surface area contributed by atoms with Crippen molar-refractivity contribution in [3.63, 3.8) is 0 Å². The monoisotopic (exact) mass is 555 g/mol. The van der Waals surface area contributed by atoms with Crippen LogP contribution in [0.25, 0.3) is 0 Å². The summed E-state index contributed by atoms with van der Waals surface area (Å²) in [6, 6.07) is 11.7. The maximum absolute atomic E-state index is 12.3. The Bertz CT molecular complexity index is 821. The molecule has 0 saturated carbocycles. The number of aliphatic imine (C=N–C) groups is 1. The Kier molecular flexibility index (Phi) is 11.4. The number of methoxy groups -OCH3 is 1. The van der Waals surface area contributed by atoms with E-state index in [9.17, 15) is 4.79 Å². The van der Waals surface area contributed by atoms with E-state index in [2.05, 4.69) is 25.8 Å². The van der Waals surface area contributed by atoms with Gasteiger partial charge in [-0.05, 0) is 62.7 Å². The van der Waals surface area contributed by atoms with E-state index in [1.165, 1.54) is 12.8 Å². The number of benzene rings is 1. The van der Waals surface area contributed by atoms with Gasteiger partial charge in [-0.1, -0.05) is 12.1 Å². The fraction of sp³-hybridized carbons (Fsp3) is 0.478. The van der Waals surface area contributed by atoms with Crippen LogP contribution in [0.1, 0.15) is 37.1 Å². The summed E-state index contributed by atoms with van der Waals surface area (Å²) in [7, 11) is 1.63. The molecule has 3 rings (SSSR count). The summed E-state index contributed by atoms with van der Waals surface area (Å²) in [4.78, 5) is 19.1. The Balaban J connectivity index is 0.00000363. The number of furan rings is 1. The average molecular weight is 555 g/mol. The van der Waals surface area contributed by atoms with Gasteiger partial charge in [-0.25, -0.2) is 4.99 Å². The van der Waals surface area contributed by atoms with Gasteiger partial charge in [0.25, 0.3) is 0 Å². The summed E-state index contributed by atoms with van der Waals surface area (Å²) < 4.78 is 10.8. The van der Waals surface area contributed by atoms with Gasteiger partial charge in [0, 0.05) is 19.6 Å². The largest absolute Gasteiger partial charge is 0.497 e. The van der Waals surface area contributed by atoms with Crippen LogP contribution in [0.3, 0.4) is 0 Å². The molecule has 3 N–H and O–H groups in total. The van der Waals surface area contributed by atoms with Crippen LogP contribution in [0.5, 0.6) is 5.75 Å². The first-order chi connectivity index (χ1) is 15.2. The first-order valence-corrected chi connectivity index (χ1v) is 10.9. The molecule has 2 heterocycles. The minimum atomic E-state index is -0.129. The van der Waals surface area contributed by atoms with Gasteiger partial charge in [-0.2, -0.15) is 0 Å². The molecule has 176 valence electrons. The second-order valence-electron chi connectivity index (χ2n) is 7.48. The average Bonchev–Trinajstić information content (AvgIpc) is 3.51. The third-order valence-electron chi connectivity index (χ3n) is 5.29. The summed E-state index contributed by atoms with van der Waals surface area (Å²) in [5.41, 5.74) is 1.01. The number of nitrogens with one attached hydrogen (secondary N) is 3. The van der Waals surface area contributed by atoms with Crippen molar-refractivity contribution in [2.75, 3.05) is 39.8 Å². The highest BCUT2D eigenvalue weighted by Crippen LogP contribution is 2.24. The van der Waals surface area contributed by atoms with Crippen molar-refractivity contribution in [2.24, 2.45) is 4.99 Å². The van der Waals surface area contributed by atoms with Crippen molar-refractivity contribution >= 4 is 35.8 Å². The fourth-order valence-electron chi connectivity index (χ4n) is 3.63. The smallest absolute Gasteiger partial charge is 0.242 e. The van der Waals surface area contributed by atoms with E-state index in [4.69, 9.17) is 9.15 Å². The lowest BCUT2D eigenvalue weighted by molar-refractivity contribution is -0.119. The quantitative estimate of drug-likeness (QED) is 0.237. The van der Waals surface area contributed by atoms with E-state index in [1.807, 2.05) is 43.3 Å². The molecule has 1 amide bonds. The number of carbonyl (C=O) groups is 1. The first kappa shape index (κ1) is 26.0. The van der Waals surface area contributed by atoms with Crippen LogP contribution in [-0.2, 0) is 11.3 Å². The molecule has 1 fully saturated rings. The number of likely N-dealkylation sites (tertiary alicyclic amines) is 1. The van der Waals surface area contributed by atoms with Crippen molar-refractivity contribution in [1.82, 2.24) is 20.9 Å². The van der Waals surface area contributed by atoms with Crippen molar-refractivity contribution in [1.29, 1.82) is 0 Å². The number of guanidine groups is 1. The minimum Gasteiger partial charge on any atom is -0.497 e. The van der Waals surface area contributed by atoms with E-state index < -0.39 is 0 Å². The van der Waals surface area contributed by atoms with Gasteiger partial charge >= 0.3 is 0 Å². The Morgan fingerprint density at radius 1 is 1.16 bits per heavy atom. The van der Waals surface area contributed by atoms with Gasteiger partial charge in [-0.15, -0.1) is 24.0 Å². The lowest BCUT2D eigenvalue weighted by atomic mass is 10.2. The summed E-state index contributed by atoms with van der Waals surface area (Å²) in [6.07, 6.45) is 4.13. The zero-order valence-electron chi connectivity index (χ0n) is 18.8. The Hall–Kier alpha value is -2.27. The third-order valence-corrected chi connectivity index (χ3v) is 5.29. The van der Waals surface area contributed by atoms with Crippen LogP contribution >= 0.6 is 24.0 Å². The van der Waals surface area contributed by atoms with Gasteiger partial charge in [-0.3, -0.25) is 9.69 Å². The Labute approximate surface area is 207 Å². The van der Waals surface area contributed by atoms with Crippen molar-refractivity contribution < 1.29 is 13.9 Å². The van der Waals surface area contributed by atoms with Crippen molar-refractivity contribution in [3.8, 4) is 5.75 Å². The van der Waals surface area contributed by atoms with Gasteiger partial charge in [0.1, 0.15) is 18.1 Å². The fourth-order valence-corrected chi connectivity index (χ4v) is 3.63. The van der Waals surface area contributed by atoms with Gasteiger partial charge in [0.05, 0.1) is 19.4 Å². The number of hydrogen-bond acceptors (Lipinski definition) is 5. The van der Waals surface area contributed by atoms with Gasteiger partial charge < -0.3 is 25.1 Å². The number of halogens is 1. The topological polar surface area (TPSA) is 91.1 Å². The number of hydrogen-bond donors (Lipinski definition) is 3. The second-order valence-corrected chi connectivity index (χ2v) is 7.48. The molecule has 1 atom stereocenters. The Morgan fingerprint density at radius 2 is 1.91 bits per heavy atom. The maximum Gasteiger partial charge on any atom is 0.242 e. The molecule has 1 aromatic heterocycles. The van der Waals surface area contributed by atoms with Crippen molar-refractivity contribution in [3.05, 3.63) is 54.0 Å². The van der Waals surface area contributed by atoms with E-state index in [1.54, 1.807) is 13.4 Å². The zero-order valence-corrected chi connectivity index (χ0v) is 21.1. The molecule has 2 aromatic rings. The summed E-state index contributed by atoms with van der Waals surface area (Å²) in [6.45, 7) is 6.02. The van der Waals surface area contributed by atoms with Crippen LogP contribution in [0.4, 0.5) is 0 Å². The normalized spacial score (nSPS) is 15.0. The number of amides is 1. The molecule has 0 bridgehead atoms. The van der Waals surface area contributed by atoms with Crippen LogP contribution in [-0.4, -0.2) is 56.6 Å². The van der Waals surface area contributed by atoms with Crippen molar-refractivity contribution in [2.45, 2.75) is 32.4 Å². The van der Waals surface area contributed by atoms with E-state index in [0.717, 1.165) is 30.2 Å². The molecule has 9 heteroatoms. The van der Waals surface area contributed by atoms with Gasteiger partial charge in [0.2, 0.25) is 5.91 Å². The summed E-state index contributed by atoms with van der Waals surface area (Å²) >= 11 is 0. The molecule has 1 aliphatic rings. The zero-order chi connectivity index (χ0) is 21.9. The molecule has 8 nitrogen and oxygen atoms in total. The first-order valence-electron chi connectivity index (χ1n) is 10.9. The summed E-state index contributed by atoms with van der Waals surface area (Å²) in [5, 5.41) is 9.48. The lowest BCUT2D eigenvalue weighted by Crippen LogP contribution is -2.43. The minimum absolute atomic E-state index is 0. The molecule has 0 radical (unpaired) electrons. The predicted molar refractivity (Wildman–Crippen MR) is 136 cm³/mol. The molecule has 1 aromatic carbocycles. The standard InChI is InChI=1S/C23H33N5O3.HI/c1-3-24-23(26-16-20(21-7-6-14-31-21)28-12-4-5-13-28)27-17-22(29)25-15-18-8-10-19(30-2)11-9-18;/h6-11,14,20H,3-5,12-13,15-17H2,1-2H3,(H,25,29)(H2,24,26,27);1H. The van der Waals surface area contributed by atoms with E-state index in [0.29, 0.717) is 25.6 Å². The van der Waals surface area contributed by atoms with E-state index in [-0.39, 0.29) is 42.5 Å². The lowest BCUT2D eigenvalue weighted by Gasteiger charge is -2.26. The second kappa shape index (κ2) is 14.0. The van der Waals surface area contributed by atoms with Crippen LogP contribution in [0, 0.1) is 0 Å². The molecular weight excluding hydrogens is 521 g/mol. The number of ether oxygens (including phenoxy) is 1. The van der Waals surface area contributed by atoms with Crippen LogP contribution in [0.15, 0.2) is 52.1 Å². The molecule has 1 unspecified atom stereocenters. The van der Waals surface area contributed by atoms with Gasteiger partial charge in [0.15, 0.2) is 5.96 Å². The predicted octanol–water partition coefficient (Wildman–Crippen LogP) is 2.91. The highest BCUT2D eigenvalue weighted by Gasteiger charge is 2.25. The molecule has 0 spiro atoms. The third kappa shape index (κ3) is 8.01. The van der Waals surface area contributed by atoms with Crippen LogP contribution < -0.4 is 20.7 Å².